The van der Waals surface area contributed by atoms with Gasteiger partial charge in [-0.15, -0.1) is 0 Å². The molecule has 0 N–H and O–H groups in total. The summed E-state index contributed by atoms with van der Waals surface area (Å²) in [7, 11) is 0. The molecule has 1 atom stereocenters. The van der Waals surface area contributed by atoms with E-state index in [1.54, 1.807) is 0 Å². The smallest absolute Gasteiger partial charge is 0.0850 e. The number of hydrogen-bond acceptors (Lipinski definition) is 1. The lowest BCUT2D eigenvalue weighted by Crippen LogP contribution is -2.11. The van der Waals surface area contributed by atoms with Gasteiger partial charge in [0.2, 0.25) is 0 Å². The standard InChI is InChI=1S/C24H30O/c1-16-7-10-21(24(4,5)6)13-20(16)9-8-19-11-17(2)23(18(3)12-19)14-22-15-25-22/h7-13,22H,14-15H2,1-6H3. The second kappa shape index (κ2) is 6.80. The van der Waals surface area contributed by atoms with Crippen LogP contribution in [0.1, 0.15) is 59.7 Å². The van der Waals surface area contributed by atoms with Crippen molar-refractivity contribution in [3.8, 4) is 0 Å². The van der Waals surface area contributed by atoms with Gasteiger partial charge in [-0.2, -0.15) is 0 Å². The highest BCUT2D eigenvalue weighted by atomic mass is 16.6. The number of hydrogen-bond donors (Lipinski definition) is 0. The van der Waals surface area contributed by atoms with Crippen LogP contribution in [0.4, 0.5) is 0 Å². The third-order valence-electron chi connectivity index (χ3n) is 5.15. The molecule has 2 aromatic rings. The van der Waals surface area contributed by atoms with Crippen molar-refractivity contribution in [3.63, 3.8) is 0 Å². The summed E-state index contributed by atoms with van der Waals surface area (Å²) in [6, 6.07) is 11.4. The van der Waals surface area contributed by atoms with E-state index in [-0.39, 0.29) is 5.41 Å². The van der Waals surface area contributed by atoms with Gasteiger partial charge in [0.1, 0.15) is 0 Å². The average Bonchev–Trinajstić information content (AvgIpc) is 3.33. The van der Waals surface area contributed by atoms with Crippen molar-refractivity contribution in [3.05, 3.63) is 69.3 Å². The fraction of sp³-hybridized carbons (Fsp3) is 0.417. The Kier molecular flexibility index (Phi) is 4.88. The molecule has 0 bridgehead atoms. The number of ether oxygens (including phenoxy) is 1. The first-order chi connectivity index (χ1) is 11.7. The molecule has 1 aliphatic rings. The molecular formula is C24H30O. The Bertz CT molecular complexity index is 778. The molecule has 1 heteroatoms. The summed E-state index contributed by atoms with van der Waals surface area (Å²) in [5.74, 6) is 0. The van der Waals surface area contributed by atoms with E-state index in [9.17, 15) is 0 Å². The van der Waals surface area contributed by atoms with Gasteiger partial charge < -0.3 is 4.74 Å². The molecule has 1 unspecified atom stereocenters. The maximum Gasteiger partial charge on any atom is 0.0850 e. The topological polar surface area (TPSA) is 12.5 Å². The first kappa shape index (κ1) is 17.9. The fourth-order valence-electron chi connectivity index (χ4n) is 3.33. The quantitative estimate of drug-likeness (QED) is 0.492. The fourth-order valence-corrected chi connectivity index (χ4v) is 3.33. The van der Waals surface area contributed by atoms with Crippen molar-refractivity contribution in [1.29, 1.82) is 0 Å². The Hall–Kier alpha value is -1.86. The monoisotopic (exact) mass is 334 g/mol. The molecule has 1 nitrogen and oxygen atoms in total. The Morgan fingerprint density at radius 3 is 2.16 bits per heavy atom. The molecule has 1 saturated heterocycles. The van der Waals surface area contributed by atoms with E-state index in [0.29, 0.717) is 6.10 Å². The Morgan fingerprint density at radius 1 is 0.960 bits per heavy atom. The number of rotatable bonds is 4. The third kappa shape index (κ3) is 4.41. The van der Waals surface area contributed by atoms with Crippen molar-refractivity contribution in [2.24, 2.45) is 0 Å². The number of benzene rings is 2. The van der Waals surface area contributed by atoms with Crippen molar-refractivity contribution in [2.45, 2.75) is 59.5 Å². The molecule has 1 fully saturated rings. The lowest BCUT2D eigenvalue weighted by Gasteiger charge is -2.20. The molecule has 3 rings (SSSR count). The van der Waals surface area contributed by atoms with Crippen LogP contribution < -0.4 is 0 Å². The number of aryl methyl sites for hydroxylation is 3. The summed E-state index contributed by atoms with van der Waals surface area (Å²) >= 11 is 0. The lowest BCUT2D eigenvalue weighted by atomic mass is 9.85. The second-order valence-electron chi connectivity index (χ2n) is 8.45. The zero-order valence-corrected chi connectivity index (χ0v) is 16.4. The molecule has 0 radical (unpaired) electrons. The van der Waals surface area contributed by atoms with E-state index in [2.05, 4.69) is 84.0 Å². The van der Waals surface area contributed by atoms with Crippen molar-refractivity contribution < 1.29 is 4.74 Å². The van der Waals surface area contributed by atoms with Gasteiger partial charge in [0.15, 0.2) is 0 Å². The highest BCUT2D eigenvalue weighted by Gasteiger charge is 2.24. The molecule has 25 heavy (non-hydrogen) atoms. The molecule has 0 spiro atoms. The van der Waals surface area contributed by atoms with Gasteiger partial charge in [0.25, 0.3) is 0 Å². The van der Waals surface area contributed by atoms with Crippen LogP contribution in [0, 0.1) is 20.8 Å². The second-order valence-corrected chi connectivity index (χ2v) is 8.45. The molecule has 1 heterocycles. The minimum atomic E-state index is 0.177. The maximum atomic E-state index is 5.40. The van der Waals surface area contributed by atoms with Crippen molar-refractivity contribution in [1.82, 2.24) is 0 Å². The van der Waals surface area contributed by atoms with Crippen LogP contribution in [0.5, 0.6) is 0 Å². The SMILES string of the molecule is Cc1ccc(C(C)(C)C)cc1C=Cc1cc(C)c(CC2CO2)c(C)c1. The van der Waals surface area contributed by atoms with Crippen LogP contribution in [-0.2, 0) is 16.6 Å². The van der Waals surface area contributed by atoms with E-state index >= 15 is 0 Å². The minimum absolute atomic E-state index is 0.177. The van der Waals surface area contributed by atoms with Gasteiger partial charge in [-0.25, -0.2) is 0 Å². The highest BCUT2D eigenvalue weighted by Crippen LogP contribution is 2.27. The van der Waals surface area contributed by atoms with Gasteiger partial charge in [0, 0.05) is 6.42 Å². The van der Waals surface area contributed by atoms with Gasteiger partial charge in [0.05, 0.1) is 12.7 Å². The summed E-state index contributed by atoms with van der Waals surface area (Å²) in [6.45, 7) is 14.3. The third-order valence-corrected chi connectivity index (χ3v) is 5.15. The van der Waals surface area contributed by atoms with Crippen LogP contribution in [0.25, 0.3) is 12.2 Å². The lowest BCUT2D eigenvalue weighted by molar-refractivity contribution is 0.407. The summed E-state index contributed by atoms with van der Waals surface area (Å²) < 4.78 is 5.40. The Labute approximate surface area is 152 Å². The van der Waals surface area contributed by atoms with E-state index < -0.39 is 0 Å². The predicted molar refractivity (Wildman–Crippen MR) is 108 cm³/mol. The van der Waals surface area contributed by atoms with Gasteiger partial charge >= 0.3 is 0 Å². The van der Waals surface area contributed by atoms with E-state index in [1.807, 2.05) is 0 Å². The molecule has 2 aromatic carbocycles. The van der Waals surface area contributed by atoms with E-state index in [1.165, 1.54) is 38.9 Å². The highest BCUT2D eigenvalue weighted by molar-refractivity contribution is 5.72. The molecule has 0 amide bonds. The van der Waals surface area contributed by atoms with Crippen molar-refractivity contribution in [2.75, 3.05) is 6.61 Å². The van der Waals surface area contributed by atoms with Crippen LogP contribution in [-0.4, -0.2) is 12.7 Å². The maximum absolute atomic E-state index is 5.40. The van der Waals surface area contributed by atoms with Crippen molar-refractivity contribution >= 4 is 12.2 Å². The summed E-state index contributed by atoms with van der Waals surface area (Å²) in [5, 5.41) is 0. The summed E-state index contributed by atoms with van der Waals surface area (Å²) in [4.78, 5) is 0. The molecule has 0 aromatic heterocycles. The van der Waals surface area contributed by atoms with Gasteiger partial charge in [-0.3, -0.25) is 0 Å². The Balaban J connectivity index is 1.87. The minimum Gasteiger partial charge on any atom is -0.373 e. The molecule has 0 aliphatic carbocycles. The van der Waals surface area contributed by atoms with E-state index in [4.69, 9.17) is 4.74 Å². The van der Waals surface area contributed by atoms with Gasteiger partial charge in [-0.1, -0.05) is 63.3 Å². The summed E-state index contributed by atoms with van der Waals surface area (Å²) in [5.41, 5.74) is 9.64. The van der Waals surface area contributed by atoms with Gasteiger partial charge in [-0.05, 0) is 65.1 Å². The Morgan fingerprint density at radius 2 is 1.60 bits per heavy atom. The van der Waals surface area contributed by atoms with Crippen LogP contribution >= 0.6 is 0 Å². The van der Waals surface area contributed by atoms with Crippen LogP contribution in [0.15, 0.2) is 30.3 Å². The average molecular weight is 335 g/mol. The van der Waals surface area contributed by atoms with Crippen LogP contribution in [0.3, 0.4) is 0 Å². The van der Waals surface area contributed by atoms with E-state index in [0.717, 1.165) is 13.0 Å². The zero-order chi connectivity index (χ0) is 18.2. The molecule has 132 valence electrons. The van der Waals surface area contributed by atoms with Crippen LogP contribution in [0.2, 0.25) is 0 Å². The molecular weight excluding hydrogens is 304 g/mol. The predicted octanol–water partition coefficient (Wildman–Crippen LogP) is 6.02. The zero-order valence-electron chi connectivity index (χ0n) is 16.4. The normalized spacial score (nSPS) is 17.3. The molecule has 0 saturated carbocycles. The largest absolute Gasteiger partial charge is 0.373 e. The first-order valence-corrected chi connectivity index (χ1v) is 9.25. The first-order valence-electron chi connectivity index (χ1n) is 9.25. The summed E-state index contributed by atoms with van der Waals surface area (Å²) in [6.07, 6.45) is 5.99. The molecule has 1 aliphatic heterocycles. The number of epoxide rings is 1.